The third-order valence-electron chi connectivity index (χ3n) is 6.45. The molecule has 5 aromatic rings. The second-order valence-corrected chi connectivity index (χ2v) is 12.2. The van der Waals surface area contributed by atoms with E-state index in [1.165, 1.54) is 27.8 Å². The van der Waals surface area contributed by atoms with Crippen LogP contribution in [0.4, 0.5) is 10.8 Å². The smallest absolute Gasteiger partial charge is 0.264 e. The molecule has 0 bridgehead atoms. The van der Waals surface area contributed by atoms with E-state index in [2.05, 4.69) is 19.9 Å². The van der Waals surface area contributed by atoms with E-state index in [1.807, 2.05) is 24.3 Å². The third-order valence-corrected chi connectivity index (χ3v) is 9.41. The SMILES string of the molecule is CCN(c1ccccc1)S(=O)(=O)c1ccc(C(=O)N(Cc2ccco2)c2nc3c(C(C)C)cccc3s2)cc1. The zero-order chi connectivity index (χ0) is 27.6. The lowest BCUT2D eigenvalue weighted by Gasteiger charge is -2.23. The van der Waals surface area contributed by atoms with Gasteiger partial charge in [-0.25, -0.2) is 13.4 Å². The summed E-state index contributed by atoms with van der Waals surface area (Å²) >= 11 is 1.44. The van der Waals surface area contributed by atoms with Gasteiger partial charge in [0, 0.05) is 12.1 Å². The molecule has 2 aromatic heterocycles. The van der Waals surface area contributed by atoms with Crippen molar-refractivity contribution in [2.75, 3.05) is 15.7 Å². The second kappa shape index (κ2) is 11.0. The number of anilines is 2. The fraction of sp³-hybridized carbons (Fsp3) is 0.200. The average Bonchev–Trinajstić information content (AvgIpc) is 3.62. The Labute approximate surface area is 232 Å². The number of carbonyl (C=O) groups excluding carboxylic acids is 1. The van der Waals surface area contributed by atoms with E-state index in [0.29, 0.717) is 22.1 Å². The van der Waals surface area contributed by atoms with Crippen LogP contribution in [-0.2, 0) is 16.6 Å². The number of nitrogens with zero attached hydrogens (tertiary/aromatic N) is 3. The minimum Gasteiger partial charge on any atom is -0.467 e. The Hall–Kier alpha value is -3.95. The molecule has 0 aliphatic rings. The van der Waals surface area contributed by atoms with Gasteiger partial charge in [0.05, 0.1) is 33.6 Å². The van der Waals surface area contributed by atoms with Crippen molar-refractivity contribution in [2.45, 2.75) is 38.1 Å². The van der Waals surface area contributed by atoms with Crippen LogP contribution in [0.2, 0.25) is 0 Å². The predicted octanol–water partition coefficient (Wildman–Crippen LogP) is 7.07. The van der Waals surface area contributed by atoms with Crippen LogP contribution in [0, 0.1) is 0 Å². The maximum absolute atomic E-state index is 13.8. The van der Waals surface area contributed by atoms with Gasteiger partial charge in [0.1, 0.15) is 5.76 Å². The van der Waals surface area contributed by atoms with Gasteiger partial charge in [-0.05, 0) is 73.0 Å². The van der Waals surface area contributed by atoms with Crippen molar-refractivity contribution in [1.29, 1.82) is 0 Å². The number of thiazole rings is 1. The molecular formula is C30H29N3O4S2. The number of furan rings is 1. The van der Waals surface area contributed by atoms with E-state index in [-0.39, 0.29) is 29.8 Å². The number of sulfonamides is 1. The normalized spacial score (nSPS) is 11.7. The summed E-state index contributed by atoms with van der Waals surface area (Å²) in [5, 5.41) is 0.553. The number of rotatable bonds is 9. The molecule has 39 heavy (non-hydrogen) atoms. The van der Waals surface area contributed by atoms with Gasteiger partial charge in [-0.15, -0.1) is 0 Å². The lowest BCUT2D eigenvalue weighted by atomic mass is 10.0. The highest BCUT2D eigenvalue weighted by molar-refractivity contribution is 7.92. The molecule has 2 heterocycles. The number of fused-ring (bicyclic) bond motifs is 1. The highest BCUT2D eigenvalue weighted by Crippen LogP contribution is 2.35. The first-order valence-electron chi connectivity index (χ1n) is 12.7. The lowest BCUT2D eigenvalue weighted by molar-refractivity contribution is 0.0983. The Morgan fingerprint density at radius 1 is 0.949 bits per heavy atom. The van der Waals surface area contributed by atoms with Crippen molar-refractivity contribution >= 4 is 48.3 Å². The van der Waals surface area contributed by atoms with Gasteiger partial charge in [-0.1, -0.05) is 55.5 Å². The topological polar surface area (TPSA) is 83.7 Å². The largest absolute Gasteiger partial charge is 0.467 e. The minimum atomic E-state index is -3.81. The van der Waals surface area contributed by atoms with Gasteiger partial charge < -0.3 is 4.42 Å². The second-order valence-electron chi connectivity index (χ2n) is 9.35. The summed E-state index contributed by atoms with van der Waals surface area (Å²) in [6.07, 6.45) is 1.57. The first kappa shape index (κ1) is 26.6. The fourth-order valence-electron chi connectivity index (χ4n) is 4.46. The van der Waals surface area contributed by atoms with Gasteiger partial charge in [0.25, 0.3) is 15.9 Å². The molecule has 0 saturated heterocycles. The standard InChI is InChI=1S/C30H29N3O4S2/c1-4-33(23-10-6-5-7-11-23)39(35,36)25-17-15-22(16-18-25)29(34)32(20-24-12-9-19-37-24)30-31-28-26(21(2)3)13-8-14-27(28)38-30/h5-19,21H,4,20H2,1-3H3. The lowest BCUT2D eigenvalue weighted by Crippen LogP contribution is -2.31. The summed E-state index contributed by atoms with van der Waals surface area (Å²) in [4.78, 5) is 20.4. The number of hydrogen-bond acceptors (Lipinski definition) is 6. The number of aromatic nitrogens is 1. The molecule has 0 aliphatic carbocycles. The van der Waals surface area contributed by atoms with Crippen molar-refractivity contribution in [3.05, 3.63) is 108 Å². The number of carbonyl (C=O) groups is 1. The molecule has 0 unspecified atom stereocenters. The number of amides is 1. The average molecular weight is 560 g/mol. The molecular weight excluding hydrogens is 530 g/mol. The zero-order valence-corrected chi connectivity index (χ0v) is 23.6. The van der Waals surface area contributed by atoms with Gasteiger partial charge >= 0.3 is 0 Å². The first-order chi connectivity index (χ1) is 18.8. The van der Waals surface area contributed by atoms with Crippen molar-refractivity contribution in [2.24, 2.45) is 0 Å². The molecule has 0 N–H and O–H groups in total. The molecule has 5 rings (SSSR count). The molecule has 0 radical (unpaired) electrons. The molecule has 0 atom stereocenters. The molecule has 9 heteroatoms. The number of para-hydroxylation sites is 2. The Bertz CT molecular complexity index is 1680. The first-order valence-corrected chi connectivity index (χ1v) is 15.0. The molecule has 0 saturated carbocycles. The van der Waals surface area contributed by atoms with Crippen LogP contribution in [-0.4, -0.2) is 25.9 Å². The zero-order valence-electron chi connectivity index (χ0n) is 21.9. The van der Waals surface area contributed by atoms with Crippen molar-refractivity contribution < 1.29 is 17.6 Å². The van der Waals surface area contributed by atoms with E-state index >= 15 is 0 Å². The van der Waals surface area contributed by atoms with E-state index in [0.717, 1.165) is 15.8 Å². The minimum absolute atomic E-state index is 0.115. The highest BCUT2D eigenvalue weighted by atomic mass is 32.2. The van der Waals surface area contributed by atoms with Crippen LogP contribution in [0.15, 0.2) is 101 Å². The summed E-state index contributed by atoms with van der Waals surface area (Å²) in [5.74, 6) is 0.606. The molecule has 0 fully saturated rings. The Balaban J connectivity index is 1.49. The van der Waals surface area contributed by atoms with E-state index in [9.17, 15) is 13.2 Å². The van der Waals surface area contributed by atoms with Gasteiger partial charge in [0.15, 0.2) is 5.13 Å². The summed E-state index contributed by atoms with van der Waals surface area (Å²) in [5.41, 5.74) is 2.94. The predicted molar refractivity (Wildman–Crippen MR) is 156 cm³/mol. The third kappa shape index (κ3) is 5.32. The summed E-state index contributed by atoms with van der Waals surface area (Å²) in [6, 6.07) is 24.7. The van der Waals surface area contributed by atoms with Crippen LogP contribution in [0.1, 0.15) is 48.4 Å². The molecule has 1 amide bonds. The van der Waals surface area contributed by atoms with Gasteiger partial charge in [-0.2, -0.15) is 0 Å². The van der Waals surface area contributed by atoms with Crippen LogP contribution >= 0.6 is 11.3 Å². The number of hydrogen-bond donors (Lipinski definition) is 0. The van der Waals surface area contributed by atoms with Crippen LogP contribution < -0.4 is 9.21 Å². The Kier molecular flexibility index (Phi) is 7.54. The molecule has 7 nitrogen and oxygen atoms in total. The molecule has 0 aliphatic heterocycles. The maximum atomic E-state index is 13.8. The van der Waals surface area contributed by atoms with E-state index in [1.54, 1.807) is 60.6 Å². The molecule has 3 aromatic carbocycles. The van der Waals surface area contributed by atoms with Gasteiger partial charge in [0.2, 0.25) is 0 Å². The van der Waals surface area contributed by atoms with Crippen LogP contribution in [0.3, 0.4) is 0 Å². The Morgan fingerprint density at radius 3 is 2.33 bits per heavy atom. The highest BCUT2D eigenvalue weighted by Gasteiger charge is 2.26. The van der Waals surface area contributed by atoms with Gasteiger partial charge in [-0.3, -0.25) is 14.0 Å². The molecule has 0 spiro atoms. The summed E-state index contributed by atoms with van der Waals surface area (Å²) < 4.78 is 34.7. The van der Waals surface area contributed by atoms with Crippen LogP contribution in [0.5, 0.6) is 0 Å². The number of benzene rings is 3. The van der Waals surface area contributed by atoms with Crippen molar-refractivity contribution in [3.63, 3.8) is 0 Å². The van der Waals surface area contributed by atoms with Crippen LogP contribution in [0.25, 0.3) is 10.2 Å². The monoisotopic (exact) mass is 559 g/mol. The van der Waals surface area contributed by atoms with E-state index < -0.39 is 10.0 Å². The fourth-order valence-corrected chi connectivity index (χ4v) is 6.93. The maximum Gasteiger partial charge on any atom is 0.264 e. The quantitative estimate of drug-likeness (QED) is 0.193. The summed E-state index contributed by atoms with van der Waals surface area (Å²) in [6.45, 7) is 6.50. The van der Waals surface area contributed by atoms with E-state index in [4.69, 9.17) is 9.40 Å². The van der Waals surface area contributed by atoms with Crippen molar-refractivity contribution in [3.8, 4) is 0 Å². The Morgan fingerprint density at radius 2 is 1.69 bits per heavy atom. The van der Waals surface area contributed by atoms with Crippen molar-refractivity contribution in [1.82, 2.24) is 4.98 Å². The summed E-state index contributed by atoms with van der Waals surface area (Å²) in [7, 11) is -3.81. The molecule has 200 valence electrons.